The van der Waals surface area contributed by atoms with Gasteiger partial charge in [-0.3, -0.25) is 4.79 Å². The monoisotopic (exact) mass is 748 g/mol. The molecule has 0 amide bonds. The molecule has 1 aromatic heterocycles. The van der Waals surface area contributed by atoms with E-state index in [9.17, 15) is 20.1 Å². The number of methoxy groups -OCH3 is 2. The SMILES string of the molecule is CO[C@@H]1C[C@H](O[C@H]2[C@@H](O)C[C@H](O[C@H]3[C@H](C)O[C@@H](O[C@@H]4CC5=CC[C@H]6C(=O)C(c7ccoc7C)CC[C@@H]6[C@@]5(C)C[C@H]4O)C[C@H]3OC)O[C@@H]2C)O[C@@H](C)[C@@H]1O. The van der Waals surface area contributed by atoms with E-state index in [0.29, 0.717) is 37.9 Å². The van der Waals surface area contributed by atoms with Crippen molar-refractivity contribution in [2.75, 3.05) is 14.2 Å². The second kappa shape index (κ2) is 16.0. The first-order valence-corrected chi connectivity index (χ1v) is 19.6. The summed E-state index contributed by atoms with van der Waals surface area (Å²) in [6, 6.07) is 1.94. The number of furan rings is 1. The molecule has 0 spiro atoms. The third-order valence-corrected chi connectivity index (χ3v) is 13.4. The molecule has 0 radical (unpaired) electrons. The zero-order valence-electron chi connectivity index (χ0n) is 32.1. The van der Waals surface area contributed by atoms with Crippen LogP contribution < -0.4 is 0 Å². The predicted octanol–water partition coefficient (Wildman–Crippen LogP) is 4.07. The van der Waals surface area contributed by atoms with Crippen LogP contribution in [-0.4, -0.2) is 121 Å². The van der Waals surface area contributed by atoms with Gasteiger partial charge in [0, 0.05) is 50.9 Å². The number of allylic oxidation sites excluding steroid dienone is 1. The number of fused-ring (bicyclic) bond motifs is 3. The minimum Gasteiger partial charge on any atom is -0.469 e. The van der Waals surface area contributed by atoms with Gasteiger partial charge in [-0.15, -0.1) is 0 Å². The van der Waals surface area contributed by atoms with Crippen LogP contribution in [0.2, 0.25) is 0 Å². The lowest BCUT2D eigenvalue weighted by atomic mass is 9.51. The highest BCUT2D eigenvalue weighted by atomic mass is 16.7. The van der Waals surface area contributed by atoms with Gasteiger partial charge in [0.2, 0.25) is 0 Å². The molecule has 0 bridgehead atoms. The minimum atomic E-state index is -0.885. The Morgan fingerprint density at radius 1 is 0.792 bits per heavy atom. The lowest BCUT2D eigenvalue weighted by Crippen LogP contribution is -2.57. The zero-order chi connectivity index (χ0) is 37.8. The van der Waals surface area contributed by atoms with Crippen LogP contribution in [-0.2, 0) is 42.7 Å². The number of aryl methyl sites for hydroxylation is 1. The Balaban J connectivity index is 0.932. The van der Waals surface area contributed by atoms with Crippen molar-refractivity contribution in [2.45, 2.75) is 178 Å². The average Bonchev–Trinajstić information content (AvgIpc) is 3.54. The van der Waals surface area contributed by atoms with Gasteiger partial charge in [-0.1, -0.05) is 18.6 Å². The van der Waals surface area contributed by atoms with E-state index in [1.165, 1.54) is 5.57 Å². The van der Waals surface area contributed by atoms with Crippen LogP contribution in [0.25, 0.3) is 0 Å². The van der Waals surface area contributed by atoms with Crippen LogP contribution in [0.4, 0.5) is 0 Å². The van der Waals surface area contributed by atoms with Crippen molar-refractivity contribution in [1.29, 1.82) is 0 Å². The molecule has 13 nitrogen and oxygen atoms in total. The molecular formula is C40H60O13. The fourth-order valence-electron chi connectivity index (χ4n) is 10.3. The fraction of sp³-hybridized carbons (Fsp3) is 0.825. The summed E-state index contributed by atoms with van der Waals surface area (Å²) >= 11 is 0. The molecule has 53 heavy (non-hydrogen) atoms. The summed E-state index contributed by atoms with van der Waals surface area (Å²) in [7, 11) is 3.17. The molecular weight excluding hydrogens is 688 g/mol. The molecule has 4 heterocycles. The van der Waals surface area contributed by atoms with Crippen LogP contribution in [0.15, 0.2) is 28.4 Å². The van der Waals surface area contributed by atoms with Crippen LogP contribution in [0.1, 0.15) is 96.3 Å². The zero-order valence-corrected chi connectivity index (χ0v) is 32.1. The van der Waals surface area contributed by atoms with Gasteiger partial charge in [-0.25, -0.2) is 0 Å². The highest BCUT2D eigenvalue weighted by Crippen LogP contribution is 2.58. The largest absolute Gasteiger partial charge is 0.469 e. The number of hydrogen-bond acceptors (Lipinski definition) is 13. The molecule has 7 rings (SSSR count). The van der Waals surface area contributed by atoms with E-state index in [0.717, 1.165) is 24.2 Å². The molecule has 0 aromatic carbocycles. The van der Waals surface area contributed by atoms with Crippen LogP contribution in [0.3, 0.4) is 0 Å². The maximum absolute atomic E-state index is 13.8. The number of carbonyl (C=O) groups is 1. The van der Waals surface area contributed by atoms with Crippen LogP contribution in [0.5, 0.6) is 0 Å². The minimum absolute atomic E-state index is 0.0626. The molecule has 1 aromatic rings. The number of rotatable bonds is 9. The quantitative estimate of drug-likeness (QED) is 0.310. The Hall–Kier alpha value is -1.75. The molecule has 3 N–H and O–H groups in total. The Labute approximate surface area is 312 Å². The van der Waals surface area contributed by atoms with Crippen LogP contribution >= 0.6 is 0 Å². The van der Waals surface area contributed by atoms with Crippen molar-refractivity contribution >= 4 is 5.78 Å². The van der Waals surface area contributed by atoms with Gasteiger partial charge in [0.05, 0.1) is 55.1 Å². The van der Waals surface area contributed by atoms with Crippen LogP contribution in [0, 0.1) is 24.2 Å². The normalized spacial score (nSPS) is 47.8. The van der Waals surface area contributed by atoms with Gasteiger partial charge in [0.25, 0.3) is 0 Å². The number of ether oxygens (including phenoxy) is 8. The lowest BCUT2D eigenvalue weighted by Gasteiger charge is -2.54. The van der Waals surface area contributed by atoms with E-state index < -0.39 is 79.9 Å². The Kier molecular flexibility index (Phi) is 11.9. The number of Topliss-reactive ketones (excluding diaryl/α,β-unsaturated/α-hetero) is 1. The van der Waals surface area contributed by atoms with Gasteiger partial charge in [0.15, 0.2) is 18.9 Å². The van der Waals surface area contributed by atoms with E-state index in [2.05, 4.69) is 13.0 Å². The summed E-state index contributed by atoms with van der Waals surface area (Å²) in [5.74, 6) is 1.11. The molecule has 6 aliphatic rings. The van der Waals surface area contributed by atoms with Crippen molar-refractivity contribution < 1.29 is 62.4 Å². The second-order valence-electron chi connectivity index (χ2n) is 16.5. The molecule has 13 heteroatoms. The molecule has 18 atom stereocenters. The Morgan fingerprint density at radius 3 is 2.11 bits per heavy atom. The van der Waals surface area contributed by atoms with Crippen molar-refractivity contribution in [3.05, 3.63) is 35.3 Å². The summed E-state index contributed by atoms with van der Waals surface area (Å²) in [4.78, 5) is 13.8. The van der Waals surface area contributed by atoms with Gasteiger partial charge < -0.3 is 57.6 Å². The van der Waals surface area contributed by atoms with Crippen molar-refractivity contribution in [3.8, 4) is 0 Å². The summed E-state index contributed by atoms with van der Waals surface area (Å²) < 4.78 is 54.3. The molecule has 2 saturated carbocycles. The van der Waals surface area contributed by atoms with E-state index in [1.54, 1.807) is 27.4 Å². The number of ketones is 1. The lowest BCUT2D eigenvalue weighted by molar-refractivity contribution is -0.338. The van der Waals surface area contributed by atoms with Gasteiger partial charge >= 0.3 is 0 Å². The first-order valence-electron chi connectivity index (χ1n) is 19.6. The topological polar surface area (TPSA) is 165 Å². The summed E-state index contributed by atoms with van der Waals surface area (Å²) in [5.41, 5.74) is 2.00. The number of aliphatic hydroxyl groups excluding tert-OH is 3. The molecule has 3 aliphatic carbocycles. The third kappa shape index (κ3) is 7.70. The molecule has 3 aliphatic heterocycles. The van der Waals surface area contributed by atoms with E-state index in [1.807, 2.05) is 26.8 Å². The molecule has 5 fully saturated rings. The van der Waals surface area contributed by atoms with Gasteiger partial charge in [-0.05, 0) is 77.2 Å². The van der Waals surface area contributed by atoms with E-state index in [4.69, 9.17) is 42.3 Å². The standard InChI is InChI=1S/C40H60O13/c1-19-24(12-13-47-19)25-10-11-27-26(37(25)44)9-8-23-14-30(29(42)18-40(23,27)5)51-34-17-32(46-7)39(22(4)50-34)53-33-15-28(41)38(21(3)49-33)52-35-16-31(45-6)36(43)20(2)48-35/h8,12-13,20-22,25-36,38-39,41-43H,9-11,14-18H2,1-7H3/t20-,21+,22-,25?,26+,27-,28-,29+,30+,31+,32+,33-,34-,35-,36-,38+,39-,40-/m0/s1. The predicted molar refractivity (Wildman–Crippen MR) is 189 cm³/mol. The first-order chi connectivity index (χ1) is 25.3. The Bertz CT molecular complexity index is 1430. The Morgan fingerprint density at radius 2 is 1.43 bits per heavy atom. The first kappa shape index (κ1) is 39.5. The maximum atomic E-state index is 13.8. The smallest absolute Gasteiger partial charge is 0.161 e. The highest BCUT2D eigenvalue weighted by Gasteiger charge is 2.55. The second-order valence-corrected chi connectivity index (χ2v) is 16.5. The molecule has 3 saturated heterocycles. The summed E-state index contributed by atoms with van der Waals surface area (Å²) in [6.45, 7) is 9.63. The van der Waals surface area contributed by atoms with E-state index in [-0.39, 0.29) is 35.7 Å². The summed E-state index contributed by atoms with van der Waals surface area (Å²) in [5, 5.41) is 33.0. The number of aliphatic hydroxyl groups is 3. The number of carbonyl (C=O) groups excluding carboxylic acids is 1. The molecule has 1 unspecified atom stereocenters. The van der Waals surface area contributed by atoms with Crippen molar-refractivity contribution in [2.24, 2.45) is 17.3 Å². The highest BCUT2D eigenvalue weighted by molar-refractivity contribution is 5.89. The molecule has 298 valence electrons. The van der Waals surface area contributed by atoms with Crippen molar-refractivity contribution in [1.82, 2.24) is 0 Å². The maximum Gasteiger partial charge on any atom is 0.161 e. The number of hydrogen-bond donors (Lipinski definition) is 3. The average molecular weight is 749 g/mol. The fourth-order valence-corrected chi connectivity index (χ4v) is 10.3. The van der Waals surface area contributed by atoms with Gasteiger partial charge in [-0.2, -0.15) is 0 Å². The van der Waals surface area contributed by atoms with E-state index >= 15 is 0 Å². The third-order valence-electron chi connectivity index (χ3n) is 13.4. The van der Waals surface area contributed by atoms with Crippen molar-refractivity contribution in [3.63, 3.8) is 0 Å². The summed E-state index contributed by atoms with van der Waals surface area (Å²) in [6.07, 6.45) is 0.130. The van der Waals surface area contributed by atoms with Gasteiger partial charge in [0.1, 0.15) is 29.9 Å².